The summed E-state index contributed by atoms with van der Waals surface area (Å²) < 4.78 is 0.785. The van der Waals surface area contributed by atoms with Crippen molar-refractivity contribution in [1.29, 1.82) is 0 Å². The molecule has 0 aliphatic carbocycles. The van der Waals surface area contributed by atoms with Crippen LogP contribution >= 0.6 is 22.9 Å². The van der Waals surface area contributed by atoms with Crippen molar-refractivity contribution in [3.8, 4) is 0 Å². The van der Waals surface area contributed by atoms with Gasteiger partial charge in [0.25, 0.3) is 0 Å². The fourth-order valence-electron chi connectivity index (χ4n) is 0.849. The second-order valence-electron chi connectivity index (χ2n) is 2.33. The Morgan fingerprint density at radius 3 is 2.73 bits per heavy atom. The SMILES string of the molecule is NCC[C@@H](N)c1ccc(Cl)s1. The molecule has 0 saturated heterocycles. The van der Waals surface area contributed by atoms with Crippen LogP contribution in [0.5, 0.6) is 0 Å². The summed E-state index contributed by atoms with van der Waals surface area (Å²) in [5.41, 5.74) is 11.2. The topological polar surface area (TPSA) is 52.0 Å². The van der Waals surface area contributed by atoms with Gasteiger partial charge in [0.1, 0.15) is 0 Å². The van der Waals surface area contributed by atoms with Crippen LogP contribution in [-0.2, 0) is 0 Å². The monoisotopic (exact) mass is 190 g/mol. The molecular formula is C7H11ClN2S. The van der Waals surface area contributed by atoms with Gasteiger partial charge >= 0.3 is 0 Å². The Kier molecular flexibility index (Phi) is 3.33. The van der Waals surface area contributed by atoms with E-state index in [0.29, 0.717) is 6.54 Å². The van der Waals surface area contributed by atoms with Gasteiger partial charge in [0.05, 0.1) is 4.34 Å². The lowest BCUT2D eigenvalue weighted by molar-refractivity contribution is 0.672. The molecule has 0 bridgehead atoms. The highest BCUT2D eigenvalue weighted by atomic mass is 35.5. The smallest absolute Gasteiger partial charge is 0.0931 e. The lowest BCUT2D eigenvalue weighted by atomic mass is 10.2. The van der Waals surface area contributed by atoms with Crippen LogP contribution in [0.15, 0.2) is 12.1 Å². The maximum Gasteiger partial charge on any atom is 0.0931 e. The van der Waals surface area contributed by atoms with Crippen molar-refractivity contribution in [1.82, 2.24) is 0 Å². The van der Waals surface area contributed by atoms with E-state index < -0.39 is 0 Å². The van der Waals surface area contributed by atoms with Gasteiger partial charge < -0.3 is 11.5 Å². The van der Waals surface area contributed by atoms with Crippen molar-refractivity contribution in [2.75, 3.05) is 6.54 Å². The predicted molar refractivity (Wildman–Crippen MR) is 49.9 cm³/mol. The summed E-state index contributed by atoms with van der Waals surface area (Å²) in [7, 11) is 0. The highest BCUT2D eigenvalue weighted by molar-refractivity contribution is 7.16. The number of rotatable bonds is 3. The summed E-state index contributed by atoms with van der Waals surface area (Å²) in [5, 5.41) is 0. The van der Waals surface area contributed by atoms with Crippen molar-refractivity contribution in [3.05, 3.63) is 21.3 Å². The molecule has 1 rings (SSSR count). The Hall–Kier alpha value is -0.0900. The number of hydrogen-bond donors (Lipinski definition) is 2. The molecule has 1 heterocycles. The quantitative estimate of drug-likeness (QED) is 0.763. The summed E-state index contributed by atoms with van der Waals surface area (Å²) in [6.07, 6.45) is 0.816. The van der Waals surface area contributed by atoms with Gasteiger partial charge in [-0.2, -0.15) is 0 Å². The van der Waals surface area contributed by atoms with Gasteiger partial charge in [0, 0.05) is 10.9 Å². The summed E-state index contributed by atoms with van der Waals surface area (Å²) in [5.74, 6) is 0. The van der Waals surface area contributed by atoms with E-state index in [1.54, 1.807) is 0 Å². The molecule has 0 aromatic carbocycles. The Morgan fingerprint density at radius 1 is 1.55 bits per heavy atom. The van der Waals surface area contributed by atoms with Crippen molar-refractivity contribution in [2.45, 2.75) is 12.5 Å². The van der Waals surface area contributed by atoms with Crippen LogP contribution in [-0.4, -0.2) is 6.54 Å². The van der Waals surface area contributed by atoms with Crippen LogP contribution in [0.4, 0.5) is 0 Å². The van der Waals surface area contributed by atoms with Crippen LogP contribution in [0.2, 0.25) is 4.34 Å². The Balaban J connectivity index is 2.60. The van der Waals surface area contributed by atoms with E-state index in [2.05, 4.69) is 0 Å². The average Bonchev–Trinajstić information content (AvgIpc) is 2.36. The van der Waals surface area contributed by atoms with Crippen molar-refractivity contribution in [3.63, 3.8) is 0 Å². The molecule has 0 amide bonds. The first-order valence-corrected chi connectivity index (χ1v) is 4.64. The highest BCUT2D eigenvalue weighted by Crippen LogP contribution is 2.26. The fraction of sp³-hybridized carbons (Fsp3) is 0.429. The first kappa shape index (κ1) is 9.00. The molecular weight excluding hydrogens is 180 g/mol. The van der Waals surface area contributed by atoms with E-state index in [1.165, 1.54) is 11.3 Å². The molecule has 0 saturated carbocycles. The molecule has 4 heteroatoms. The average molecular weight is 191 g/mol. The van der Waals surface area contributed by atoms with Gasteiger partial charge in [-0.1, -0.05) is 11.6 Å². The second kappa shape index (κ2) is 4.07. The van der Waals surface area contributed by atoms with Crippen LogP contribution in [0, 0.1) is 0 Å². The number of thiophene rings is 1. The molecule has 0 fully saturated rings. The van der Waals surface area contributed by atoms with Gasteiger partial charge in [-0.15, -0.1) is 11.3 Å². The molecule has 0 radical (unpaired) electrons. The van der Waals surface area contributed by atoms with Gasteiger partial charge in [-0.3, -0.25) is 0 Å². The normalized spacial score (nSPS) is 13.4. The molecule has 11 heavy (non-hydrogen) atoms. The van der Waals surface area contributed by atoms with E-state index in [-0.39, 0.29) is 6.04 Å². The van der Waals surface area contributed by atoms with E-state index in [1.807, 2.05) is 12.1 Å². The number of nitrogens with two attached hydrogens (primary N) is 2. The number of halogens is 1. The summed E-state index contributed by atoms with van der Waals surface area (Å²) >= 11 is 7.26. The minimum absolute atomic E-state index is 0.0532. The Bertz CT molecular complexity index is 224. The molecule has 0 aliphatic heterocycles. The summed E-state index contributed by atoms with van der Waals surface area (Å²) in [4.78, 5) is 1.11. The zero-order valence-electron chi connectivity index (χ0n) is 6.09. The molecule has 0 spiro atoms. The molecule has 2 nitrogen and oxygen atoms in total. The van der Waals surface area contributed by atoms with Crippen LogP contribution in [0.25, 0.3) is 0 Å². The standard InChI is InChI=1S/C7H11ClN2S/c8-7-2-1-6(11-7)5(10)3-4-9/h1-2,5H,3-4,9-10H2/t5-/m1/s1. The minimum atomic E-state index is 0.0532. The van der Waals surface area contributed by atoms with Crippen LogP contribution in [0.3, 0.4) is 0 Å². The Morgan fingerprint density at radius 2 is 2.27 bits per heavy atom. The van der Waals surface area contributed by atoms with Crippen molar-refractivity contribution in [2.24, 2.45) is 11.5 Å². The zero-order chi connectivity index (χ0) is 8.27. The van der Waals surface area contributed by atoms with Crippen molar-refractivity contribution < 1.29 is 0 Å². The van der Waals surface area contributed by atoms with Gasteiger partial charge in [-0.05, 0) is 25.1 Å². The first-order chi connectivity index (χ1) is 5.24. The second-order valence-corrected chi connectivity index (χ2v) is 4.07. The zero-order valence-corrected chi connectivity index (χ0v) is 7.66. The molecule has 0 unspecified atom stereocenters. The molecule has 1 aromatic rings. The Labute approximate surface area is 75.1 Å². The summed E-state index contributed by atoms with van der Waals surface area (Å²) in [6.45, 7) is 0.622. The largest absolute Gasteiger partial charge is 0.330 e. The molecule has 4 N–H and O–H groups in total. The predicted octanol–water partition coefficient (Wildman–Crippen LogP) is 1.75. The third-order valence-electron chi connectivity index (χ3n) is 1.44. The highest BCUT2D eigenvalue weighted by Gasteiger charge is 2.06. The van der Waals surface area contributed by atoms with Crippen molar-refractivity contribution >= 4 is 22.9 Å². The maximum atomic E-state index is 5.79. The minimum Gasteiger partial charge on any atom is -0.330 e. The third-order valence-corrected chi connectivity index (χ3v) is 2.80. The van der Waals surface area contributed by atoms with Crippen LogP contribution in [0.1, 0.15) is 17.3 Å². The van der Waals surface area contributed by atoms with Gasteiger partial charge in [-0.25, -0.2) is 0 Å². The van der Waals surface area contributed by atoms with Gasteiger partial charge in [0.15, 0.2) is 0 Å². The molecule has 62 valence electrons. The third kappa shape index (κ3) is 2.45. The van der Waals surface area contributed by atoms with E-state index in [0.717, 1.165) is 15.6 Å². The lowest BCUT2D eigenvalue weighted by Gasteiger charge is -2.05. The lowest BCUT2D eigenvalue weighted by Crippen LogP contribution is -2.13. The molecule has 0 aliphatic rings. The first-order valence-electron chi connectivity index (χ1n) is 3.45. The fourth-order valence-corrected chi connectivity index (χ4v) is 1.95. The number of hydrogen-bond acceptors (Lipinski definition) is 3. The van der Waals surface area contributed by atoms with E-state index in [4.69, 9.17) is 23.1 Å². The summed E-state index contributed by atoms with van der Waals surface area (Å²) in [6, 6.07) is 3.86. The van der Waals surface area contributed by atoms with Crippen LogP contribution < -0.4 is 11.5 Å². The molecule has 1 atom stereocenters. The molecule has 1 aromatic heterocycles. The maximum absolute atomic E-state index is 5.79. The van der Waals surface area contributed by atoms with E-state index in [9.17, 15) is 0 Å². The van der Waals surface area contributed by atoms with E-state index >= 15 is 0 Å². The van der Waals surface area contributed by atoms with Gasteiger partial charge in [0.2, 0.25) is 0 Å².